The number of hydrogen-bond acceptors (Lipinski definition) is 7. The fourth-order valence-corrected chi connectivity index (χ4v) is 10.8. The third-order valence-corrected chi connectivity index (χ3v) is 13.2. The zero-order valence-electron chi connectivity index (χ0n) is 29.4. The van der Waals surface area contributed by atoms with Gasteiger partial charge in [0.05, 0.1) is 43.7 Å². The van der Waals surface area contributed by atoms with Crippen LogP contribution in [-0.4, -0.2) is 58.8 Å². The molecule has 1 N–H and O–H groups in total. The summed E-state index contributed by atoms with van der Waals surface area (Å²) in [4.78, 5) is 29.3. The number of nitrogens with zero attached hydrogens (tertiary/aromatic N) is 5. The maximum atomic E-state index is 16.4. The Bertz CT molecular complexity index is 2140. The van der Waals surface area contributed by atoms with Crippen LogP contribution in [0, 0.1) is 5.92 Å². The van der Waals surface area contributed by atoms with E-state index in [0.717, 1.165) is 11.1 Å². The first-order valence-electron chi connectivity index (χ1n) is 17.4. The van der Waals surface area contributed by atoms with E-state index in [4.69, 9.17) is 21.1 Å². The third kappa shape index (κ3) is 6.27. The van der Waals surface area contributed by atoms with E-state index >= 15 is 4.11 Å². The molecule has 10 nitrogen and oxygen atoms in total. The lowest BCUT2D eigenvalue weighted by Crippen LogP contribution is -2.45. The van der Waals surface area contributed by atoms with Crippen molar-refractivity contribution >= 4 is 31.6 Å². The summed E-state index contributed by atoms with van der Waals surface area (Å²) in [6.45, 7) is 5.77. The van der Waals surface area contributed by atoms with Gasteiger partial charge in [-0.2, -0.15) is 0 Å². The lowest BCUT2D eigenvalue weighted by Gasteiger charge is -2.31. The first-order valence-corrected chi connectivity index (χ1v) is 20.7. The van der Waals surface area contributed by atoms with Gasteiger partial charge in [0.25, 0.3) is 11.5 Å². The van der Waals surface area contributed by atoms with E-state index < -0.39 is 31.6 Å². The Labute approximate surface area is 307 Å². The minimum absolute atomic E-state index is 0.120. The van der Waals surface area contributed by atoms with E-state index in [1.165, 1.54) is 11.7 Å². The molecule has 52 heavy (non-hydrogen) atoms. The molecule has 5 aromatic rings. The van der Waals surface area contributed by atoms with E-state index in [0.29, 0.717) is 40.6 Å². The summed E-state index contributed by atoms with van der Waals surface area (Å²) in [5, 5.41) is 19.3. The van der Waals surface area contributed by atoms with E-state index in [-0.39, 0.29) is 36.3 Å². The van der Waals surface area contributed by atoms with Crippen LogP contribution in [0.1, 0.15) is 41.6 Å². The van der Waals surface area contributed by atoms with Gasteiger partial charge < -0.3 is 23.6 Å². The molecule has 0 radical (unpaired) electrons. The van der Waals surface area contributed by atoms with Crippen molar-refractivity contribution in [1.82, 2.24) is 19.6 Å². The zero-order chi connectivity index (χ0) is 36.8. The number of hydrogen-bond donors (Lipinski definition) is 1. The number of ether oxygens (including phenoxy) is 2. The van der Waals surface area contributed by atoms with E-state index in [2.05, 4.69) is 10.3 Å². The number of aliphatic hydroxyl groups is 1. The highest BCUT2D eigenvalue weighted by atomic mass is 35.5. The van der Waals surface area contributed by atoms with Crippen LogP contribution in [0.15, 0.2) is 102 Å². The molecule has 5 atom stereocenters. The standard InChI is InChI=1S/C39H41ClFN5O5Si/c1-25-36(52(3,4)41)34(18-20-44-23-32(42-43-44)30(24-47)27-9-6-5-7-10-27)51-39(25)31-21-28(40)14-17-33(31)46(38(39)49)22-26-12-15-29(16-13-26)45-19-8-11-35(50-2)37(45)48/h5-17,19,21,23,25,30,34,36,47H,18,20,22,24H2,1-4H3/t25-,30?,34+,36-,39+/m0/s1. The number of rotatable bonds is 11. The van der Waals surface area contributed by atoms with Gasteiger partial charge >= 0.3 is 0 Å². The number of amides is 1. The summed E-state index contributed by atoms with van der Waals surface area (Å²) >= 11 is 6.56. The van der Waals surface area contributed by atoms with Crippen molar-refractivity contribution in [2.24, 2.45) is 5.92 Å². The van der Waals surface area contributed by atoms with Gasteiger partial charge in [0.1, 0.15) is 0 Å². The molecule has 0 bridgehead atoms. The highest BCUT2D eigenvalue weighted by Crippen LogP contribution is 2.60. The summed E-state index contributed by atoms with van der Waals surface area (Å²) in [5.74, 6) is -0.826. The molecule has 1 spiro atoms. The Morgan fingerprint density at radius 1 is 1.06 bits per heavy atom. The summed E-state index contributed by atoms with van der Waals surface area (Å²) in [6.07, 6.45) is 3.31. The van der Waals surface area contributed by atoms with Gasteiger partial charge in [-0.25, -0.2) is 0 Å². The van der Waals surface area contributed by atoms with Gasteiger partial charge in [0.2, 0.25) is 8.41 Å². The second kappa shape index (κ2) is 14.1. The van der Waals surface area contributed by atoms with E-state index in [1.54, 1.807) is 53.1 Å². The minimum atomic E-state index is -3.40. The van der Waals surface area contributed by atoms with Crippen molar-refractivity contribution in [2.45, 2.75) is 62.7 Å². The van der Waals surface area contributed by atoms with Crippen LogP contribution in [0.5, 0.6) is 5.75 Å². The largest absolute Gasteiger partial charge is 0.491 e. The quantitative estimate of drug-likeness (QED) is 0.120. The molecule has 1 unspecified atom stereocenters. The van der Waals surface area contributed by atoms with Crippen molar-refractivity contribution in [3.05, 3.63) is 135 Å². The highest BCUT2D eigenvalue weighted by Gasteiger charge is 2.66. The molecular formula is C39H41ClFN5O5Si. The molecule has 1 saturated heterocycles. The molecule has 1 fully saturated rings. The molecule has 0 aliphatic carbocycles. The number of anilines is 1. The topological polar surface area (TPSA) is 112 Å². The average molecular weight is 742 g/mol. The molecule has 270 valence electrons. The number of fused-ring (bicyclic) bond motifs is 2. The predicted molar refractivity (Wildman–Crippen MR) is 199 cm³/mol. The minimum Gasteiger partial charge on any atom is -0.491 e. The van der Waals surface area contributed by atoms with Gasteiger partial charge in [0, 0.05) is 46.7 Å². The van der Waals surface area contributed by atoms with Crippen LogP contribution in [-0.2, 0) is 28.2 Å². The number of aromatic nitrogens is 4. The number of carbonyl (C=O) groups excluding carboxylic acids is 1. The maximum Gasteiger partial charge on any atom is 0.297 e. The lowest BCUT2D eigenvalue weighted by molar-refractivity contribution is -0.146. The molecular weight excluding hydrogens is 701 g/mol. The third-order valence-electron chi connectivity index (χ3n) is 10.6. The number of carbonyl (C=O) groups is 1. The molecule has 4 heterocycles. The second-order valence-corrected chi connectivity index (χ2v) is 18.3. The van der Waals surface area contributed by atoms with Gasteiger partial charge in [-0.3, -0.25) is 18.8 Å². The lowest BCUT2D eigenvalue weighted by atomic mass is 9.82. The Hall–Kier alpha value is -4.62. The van der Waals surface area contributed by atoms with Gasteiger partial charge in [-0.1, -0.05) is 66.2 Å². The fourth-order valence-electron chi connectivity index (χ4n) is 8.12. The molecule has 13 heteroatoms. The molecule has 2 aliphatic rings. The summed E-state index contributed by atoms with van der Waals surface area (Å²) in [5.41, 5.74) is 2.17. The van der Waals surface area contributed by atoms with Gasteiger partial charge in [0.15, 0.2) is 11.4 Å². The smallest absolute Gasteiger partial charge is 0.297 e. The monoisotopic (exact) mass is 741 g/mol. The summed E-state index contributed by atoms with van der Waals surface area (Å²) < 4.78 is 31.7. The summed E-state index contributed by atoms with van der Waals surface area (Å²) in [7, 11) is -1.94. The second-order valence-electron chi connectivity index (χ2n) is 14.1. The molecule has 2 aromatic heterocycles. The SMILES string of the molecule is COc1cccn(-c2ccc(CN3C(=O)[C@]4(O[C@H](CCn5cc(C(CO)c6ccccc6)nn5)[C@@H]([Si](C)(C)F)[C@@H]4C)c4cc(Cl)ccc43)cc2)c1=O. The van der Waals surface area contributed by atoms with Crippen LogP contribution in [0.2, 0.25) is 23.7 Å². The number of benzene rings is 3. The number of aryl methyl sites for hydroxylation is 1. The van der Waals surface area contributed by atoms with Crippen LogP contribution >= 0.6 is 11.6 Å². The average Bonchev–Trinajstić information content (AvgIpc) is 3.79. The zero-order valence-corrected chi connectivity index (χ0v) is 31.2. The number of pyridine rings is 1. The predicted octanol–water partition coefficient (Wildman–Crippen LogP) is 6.63. The van der Waals surface area contributed by atoms with Crippen molar-refractivity contribution < 1.29 is 23.5 Å². The number of methoxy groups -OCH3 is 1. The fraction of sp³-hybridized carbons (Fsp3) is 0.333. The van der Waals surface area contributed by atoms with Crippen LogP contribution in [0.3, 0.4) is 0 Å². The maximum absolute atomic E-state index is 16.4. The van der Waals surface area contributed by atoms with Crippen molar-refractivity contribution in [1.29, 1.82) is 0 Å². The molecule has 7 rings (SSSR count). The number of aliphatic hydroxyl groups excluding tert-OH is 1. The Kier molecular flexibility index (Phi) is 9.68. The molecule has 1 amide bonds. The van der Waals surface area contributed by atoms with Crippen molar-refractivity contribution in [3.63, 3.8) is 0 Å². The highest BCUT2D eigenvalue weighted by molar-refractivity contribution is 6.72. The number of halogens is 2. The van der Waals surface area contributed by atoms with Crippen molar-refractivity contribution in [2.75, 3.05) is 18.6 Å². The Morgan fingerprint density at radius 3 is 2.50 bits per heavy atom. The molecule has 2 aliphatic heterocycles. The normalized spacial score (nSPS) is 21.9. The van der Waals surface area contributed by atoms with E-state index in [1.807, 2.05) is 73.8 Å². The van der Waals surface area contributed by atoms with Gasteiger partial charge in [-0.05, 0) is 73.1 Å². The van der Waals surface area contributed by atoms with Crippen LogP contribution in [0.25, 0.3) is 5.69 Å². The van der Waals surface area contributed by atoms with Crippen molar-refractivity contribution in [3.8, 4) is 11.4 Å². The van der Waals surface area contributed by atoms with Crippen LogP contribution in [0.4, 0.5) is 9.80 Å². The Morgan fingerprint density at radius 2 is 1.81 bits per heavy atom. The molecule has 3 aromatic carbocycles. The van der Waals surface area contributed by atoms with Crippen LogP contribution < -0.4 is 15.2 Å². The Balaban J connectivity index is 1.16. The van der Waals surface area contributed by atoms with Gasteiger partial charge in [-0.15, -0.1) is 5.10 Å². The summed E-state index contributed by atoms with van der Waals surface area (Å²) in [6, 6.07) is 25.7. The first kappa shape index (κ1) is 35.8. The first-order chi connectivity index (χ1) is 25.0. The molecule has 0 saturated carbocycles. The van der Waals surface area contributed by atoms with E-state index in [9.17, 15) is 14.7 Å².